The molecule has 0 radical (unpaired) electrons. The van der Waals surface area contributed by atoms with Crippen LogP contribution in [0.5, 0.6) is 5.75 Å². The van der Waals surface area contributed by atoms with Crippen LogP contribution in [0.3, 0.4) is 0 Å². The maximum Gasteiger partial charge on any atom is 0.254 e. The van der Waals surface area contributed by atoms with Crippen LogP contribution in [-0.4, -0.2) is 14.7 Å². The Morgan fingerprint density at radius 2 is 2.25 bits per heavy atom. The second kappa shape index (κ2) is 3.51. The molecule has 2 heterocycles. The van der Waals surface area contributed by atoms with E-state index >= 15 is 0 Å². The molecule has 0 amide bonds. The van der Waals surface area contributed by atoms with Crippen molar-refractivity contribution in [3.8, 4) is 11.8 Å². The zero-order valence-corrected chi connectivity index (χ0v) is 8.99. The van der Waals surface area contributed by atoms with E-state index in [0.717, 1.165) is 6.07 Å². The normalized spacial score (nSPS) is 10.3. The first-order chi connectivity index (χ1) is 7.54. The average Bonchev–Trinajstić information content (AvgIpc) is 2.25. The molecule has 0 fully saturated rings. The van der Waals surface area contributed by atoms with E-state index in [4.69, 9.17) is 16.9 Å². The summed E-state index contributed by atoms with van der Waals surface area (Å²) in [6, 6.07) is 4.29. The number of halogens is 1. The van der Waals surface area contributed by atoms with Crippen LogP contribution >= 0.6 is 11.6 Å². The molecule has 2 aromatic rings. The highest BCUT2D eigenvalue weighted by atomic mass is 35.5. The number of hydrogen-bond acceptors (Lipinski definition) is 4. The number of fused-ring (bicyclic) bond motifs is 1. The van der Waals surface area contributed by atoms with E-state index in [2.05, 4.69) is 4.98 Å². The summed E-state index contributed by atoms with van der Waals surface area (Å²) in [5.74, 6) is -0.258. The molecule has 0 bridgehead atoms. The quantitative estimate of drug-likeness (QED) is 0.743. The fraction of sp³-hybridized carbons (Fsp3) is 0.100. The number of nitrogens with zero attached hydrogens (tertiary/aromatic N) is 3. The van der Waals surface area contributed by atoms with Crippen molar-refractivity contribution in [3.05, 3.63) is 33.2 Å². The van der Waals surface area contributed by atoms with Gasteiger partial charge in [0.05, 0.1) is 10.5 Å². The summed E-state index contributed by atoms with van der Waals surface area (Å²) < 4.78 is 1.30. The van der Waals surface area contributed by atoms with Crippen molar-refractivity contribution < 1.29 is 5.11 Å². The monoisotopic (exact) mass is 235 g/mol. The summed E-state index contributed by atoms with van der Waals surface area (Å²) in [5.41, 5.74) is 0.215. The molecule has 0 saturated carbocycles. The largest absolute Gasteiger partial charge is 0.505 e. The van der Waals surface area contributed by atoms with Crippen LogP contribution in [0.15, 0.2) is 16.9 Å². The molecule has 0 atom stereocenters. The number of nitriles is 1. The van der Waals surface area contributed by atoms with Crippen LogP contribution in [0.2, 0.25) is 5.02 Å². The summed E-state index contributed by atoms with van der Waals surface area (Å²) in [4.78, 5) is 15.3. The molecule has 16 heavy (non-hydrogen) atoms. The van der Waals surface area contributed by atoms with Crippen molar-refractivity contribution in [2.24, 2.45) is 7.05 Å². The number of pyridine rings is 2. The molecule has 0 aliphatic rings. The summed E-state index contributed by atoms with van der Waals surface area (Å²) in [7, 11) is 1.54. The van der Waals surface area contributed by atoms with Crippen LogP contribution < -0.4 is 5.56 Å². The minimum atomic E-state index is -0.368. The minimum Gasteiger partial charge on any atom is -0.505 e. The Morgan fingerprint density at radius 1 is 1.56 bits per heavy atom. The van der Waals surface area contributed by atoms with Gasteiger partial charge in [0.2, 0.25) is 0 Å². The Labute approximate surface area is 95.1 Å². The maximum atomic E-state index is 11.4. The molecular formula is C10H6ClN3O2. The molecule has 0 saturated heterocycles. The Balaban J connectivity index is 3.03. The van der Waals surface area contributed by atoms with E-state index in [9.17, 15) is 9.90 Å². The fourth-order valence-electron chi connectivity index (χ4n) is 1.40. The van der Waals surface area contributed by atoms with Gasteiger partial charge in [0.25, 0.3) is 5.56 Å². The summed E-state index contributed by atoms with van der Waals surface area (Å²) in [5, 5.41) is 18.5. The zero-order chi connectivity index (χ0) is 11.9. The number of rotatable bonds is 0. The topological polar surface area (TPSA) is 78.9 Å². The molecule has 1 N–H and O–H groups in total. The van der Waals surface area contributed by atoms with E-state index in [1.54, 1.807) is 0 Å². The Bertz CT molecular complexity index is 685. The van der Waals surface area contributed by atoms with Gasteiger partial charge in [-0.3, -0.25) is 4.79 Å². The lowest BCUT2D eigenvalue weighted by atomic mass is 10.2. The third kappa shape index (κ3) is 1.40. The highest BCUT2D eigenvalue weighted by molar-refractivity contribution is 6.32. The predicted molar refractivity (Wildman–Crippen MR) is 58.4 cm³/mol. The van der Waals surface area contributed by atoms with Crippen LogP contribution in [0.4, 0.5) is 0 Å². The van der Waals surface area contributed by atoms with Gasteiger partial charge in [0, 0.05) is 13.1 Å². The lowest BCUT2D eigenvalue weighted by molar-refractivity contribution is 0.478. The van der Waals surface area contributed by atoms with Crippen molar-refractivity contribution in [2.75, 3.05) is 0 Å². The van der Waals surface area contributed by atoms with Crippen LogP contribution in [0.1, 0.15) is 5.69 Å². The molecular weight excluding hydrogens is 230 g/mol. The fourth-order valence-corrected chi connectivity index (χ4v) is 1.59. The first-order valence-electron chi connectivity index (χ1n) is 4.34. The Kier molecular flexibility index (Phi) is 2.29. The highest BCUT2D eigenvalue weighted by Gasteiger charge is 2.11. The number of aryl methyl sites for hydroxylation is 1. The van der Waals surface area contributed by atoms with Gasteiger partial charge in [0.15, 0.2) is 5.69 Å². The van der Waals surface area contributed by atoms with Crippen LogP contribution in [0, 0.1) is 11.3 Å². The second-order valence-electron chi connectivity index (χ2n) is 3.23. The summed E-state index contributed by atoms with van der Waals surface area (Å²) in [6.07, 6.45) is 0. The van der Waals surface area contributed by atoms with Gasteiger partial charge in [-0.15, -0.1) is 0 Å². The van der Waals surface area contributed by atoms with Crippen LogP contribution in [0.25, 0.3) is 11.0 Å². The van der Waals surface area contributed by atoms with Gasteiger partial charge in [-0.05, 0) is 6.07 Å². The molecule has 0 aliphatic carbocycles. The lowest BCUT2D eigenvalue weighted by Gasteiger charge is -2.06. The van der Waals surface area contributed by atoms with Gasteiger partial charge in [0.1, 0.15) is 17.3 Å². The molecule has 80 valence electrons. The first-order valence-corrected chi connectivity index (χ1v) is 4.71. The van der Waals surface area contributed by atoms with Gasteiger partial charge in [-0.25, -0.2) is 4.98 Å². The zero-order valence-electron chi connectivity index (χ0n) is 8.23. The second-order valence-corrected chi connectivity index (χ2v) is 3.63. The van der Waals surface area contributed by atoms with E-state index in [0.29, 0.717) is 5.52 Å². The standard InChI is InChI=1S/C10H6ClN3O2/c1-14-7-2-5(11)6(4-12)13-10(7)8(15)3-9(14)16/h2-3,15H,1H3. The number of aromatic hydroxyl groups is 1. The summed E-state index contributed by atoms with van der Waals surface area (Å²) in [6.45, 7) is 0. The van der Waals surface area contributed by atoms with Gasteiger partial charge in [-0.2, -0.15) is 5.26 Å². The van der Waals surface area contributed by atoms with Crippen molar-refractivity contribution >= 4 is 22.6 Å². The van der Waals surface area contributed by atoms with E-state index in [-0.39, 0.29) is 27.5 Å². The van der Waals surface area contributed by atoms with Gasteiger partial charge in [-0.1, -0.05) is 11.6 Å². The van der Waals surface area contributed by atoms with E-state index in [1.165, 1.54) is 17.7 Å². The Hall–Kier alpha value is -2.06. The average molecular weight is 236 g/mol. The summed E-state index contributed by atoms with van der Waals surface area (Å²) >= 11 is 5.80. The lowest BCUT2D eigenvalue weighted by Crippen LogP contribution is -2.16. The van der Waals surface area contributed by atoms with Crippen molar-refractivity contribution in [1.29, 1.82) is 5.26 Å². The molecule has 0 aromatic carbocycles. The maximum absolute atomic E-state index is 11.4. The van der Waals surface area contributed by atoms with Crippen molar-refractivity contribution in [2.45, 2.75) is 0 Å². The van der Waals surface area contributed by atoms with E-state index < -0.39 is 0 Å². The van der Waals surface area contributed by atoms with E-state index in [1.807, 2.05) is 6.07 Å². The molecule has 6 heteroatoms. The number of hydrogen-bond donors (Lipinski definition) is 1. The minimum absolute atomic E-state index is 0.0168. The number of aromatic nitrogens is 2. The van der Waals surface area contributed by atoms with Gasteiger partial charge < -0.3 is 9.67 Å². The predicted octanol–water partition coefficient (Wildman–Crippen LogP) is 1.16. The highest BCUT2D eigenvalue weighted by Crippen LogP contribution is 2.24. The SMILES string of the molecule is Cn1c(=O)cc(O)c2nc(C#N)c(Cl)cc21. The third-order valence-corrected chi connectivity index (χ3v) is 2.54. The molecule has 2 aromatic heterocycles. The molecule has 2 rings (SSSR count). The third-order valence-electron chi connectivity index (χ3n) is 2.26. The van der Waals surface area contributed by atoms with Crippen LogP contribution in [-0.2, 0) is 7.05 Å². The molecule has 0 aliphatic heterocycles. The molecule has 0 spiro atoms. The smallest absolute Gasteiger partial charge is 0.254 e. The molecule has 0 unspecified atom stereocenters. The van der Waals surface area contributed by atoms with Crippen molar-refractivity contribution in [3.63, 3.8) is 0 Å². The van der Waals surface area contributed by atoms with Crippen molar-refractivity contribution in [1.82, 2.24) is 9.55 Å². The molecule has 5 nitrogen and oxygen atoms in total. The van der Waals surface area contributed by atoms with Gasteiger partial charge >= 0.3 is 0 Å². The first kappa shape index (κ1) is 10.5. The Morgan fingerprint density at radius 3 is 2.88 bits per heavy atom.